The molecule has 0 saturated heterocycles. The molecule has 2 N–H and O–H groups in total. The highest BCUT2D eigenvalue weighted by Gasteiger charge is 2.24. The second-order valence-corrected chi connectivity index (χ2v) is 8.31. The van der Waals surface area contributed by atoms with Crippen LogP contribution in [0.25, 0.3) is 0 Å². The molecule has 29 heavy (non-hydrogen) atoms. The maximum absolute atomic E-state index is 13.3. The number of fused-ring (bicyclic) bond motifs is 1. The molecule has 1 aromatic carbocycles. The van der Waals surface area contributed by atoms with E-state index in [0.29, 0.717) is 11.6 Å². The lowest BCUT2D eigenvalue weighted by Gasteiger charge is -2.30. The Kier molecular flexibility index (Phi) is 7.01. The van der Waals surface area contributed by atoms with Gasteiger partial charge in [0, 0.05) is 23.3 Å². The van der Waals surface area contributed by atoms with Crippen molar-refractivity contribution in [3.05, 3.63) is 57.5 Å². The molecule has 4 rings (SSSR count). The summed E-state index contributed by atoms with van der Waals surface area (Å²) in [5.41, 5.74) is 4.41. The summed E-state index contributed by atoms with van der Waals surface area (Å²) in [4.78, 5) is 17.2. The predicted molar refractivity (Wildman–Crippen MR) is 117 cm³/mol. The van der Waals surface area contributed by atoms with Gasteiger partial charge in [0.2, 0.25) is 0 Å². The standard InChI is InChI=1S/C22H25ClFN3O.ClH/c1-13-11-21(27-20-4-2-3-17(13)20)25-15-6-8-16(9-7-15)26-22(28)14-5-10-19(24)18(23)12-14;/h5,10-12,15-16H,2-4,6-9H2,1H3,(H,25,27)(H,26,28);1H. The predicted octanol–water partition coefficient (Wildman–Crippen LogP) is 5.25. The summed E-state index contributed by atoms with van der Waals surface area (Å²) < 4.78 is 13.3. The van der Waals surface area contributed by atoms with Gasteiger partial charge in [-0.05, 0) is 87.3 Å². The number of hydrogen-bond donors (Lipinski definition) is 2. The summed E-state index contributed by atoms with van der Waals surface area (Å²) in [7, 11) is 0. The van der Waals surface area contributed by atoms with Gasteiger partial charge in [-0.15, -0.1) is 12.4 Å². The van der Waals surface area contributed by atoms with E-state index in [2.05, 4.69) is 23.6 Å². The van der Waals surface area contributed by atoms with Crippen molar-refractivity contribution in [2.24, 2.45) is 0 Å². The van der Waals surface area contributed by atoms with Gasteiger partial charge in [0.15, 0.2) is 0 Å². The molecule has 0 atom stereocenters. The molecule has 2 aliphatic rings. The Hall–Kier alpha value is -1.85. The van der Waals surface area contributed by atoms with E-state index >= 15 is 0 Å². The van der Waals surface area contributed by atoms with E-state index in [4.69, 9.17) is 16.6 Å². The Bertz CT molecular complexity index is 898. The molecule has 1 amide bonds. The first-order chi connectivity index (χ1) is 13.5. The molecular formula is C22H26Cl2FN3O. The molecule has 1 heterocycles. The van der Waals surface area contributed by atoms with Crippen molar-refractivity contribution in [1.82, 2.24) is 10.3 Å². The van der Waals surface area contributed by atoms with Crippen LogP contribution in [0, 0.1) is 12.7 Å². The smallest absolute Gasteiger partial charge is 0.251 e. The normalized spacial score (nSPS) is 20.5. The fourth-order valence-corrected chi connectivity index (χ4v) is 4.50. The number of benzene rings is 1. The minimum atomic E-state index is -0.514. The van der Waals surface area contributed by atoms with E-state index in [1.54, 1.807) is 0 Å². The molecular weight excluding hydrogens is 412 g/mol. The quantitative estimate of drug-likeness (QED) is 0.686. The van der Waals surface area contributed by atoms with Gasteiger partial charge < -0.3 is 10.6 Å². The maximum atomic E-state index is 13.3. The molecule has 1 fully saturated rings. The number of carbonyl (C=O) groups is 1. The SMILES string of the molecule is Cc1cc(NC2CCC(NC(=O)c3ccc(F)c(Cl)c3)CC2)nc2c1CCC2.Cl. The summed E-state index contributed by atoms with van der Waals surface area (Å²) in [5.74, 6) is 0.265. The van der Waals surface area contributed by atoms with Gasteiger partial charge in [-0.1, -0.05) is 11.6 Å². The van der Waals surface area contributed by atoms with E-state index in [1.807, 2.05) is 0 Å². The highest BCUT2D eigenvalue weighted by molar-refractivity contribution is 6.31. The minimum Gasteiger partial charge on any atom is -0.367 e. The number of aromatic nitrogens is 1. The highest BCUT2D eigenvalue weighted by Crippen LogP contribution is 2.28. The van der Waals surface area contributed by atoms with Crippen molar-refractivity contribution in [2.45, 2.75) is 64.0 Å². The van der Waals surface area contributed by atoms with Gasteiger partial charge in [-0.25, -0.2) is 9.37 Å². The van der Waals surface area contributed by atoms with Crippen LogP contribution >= 0.6 is 24.0 Å². The molecule has 2 aliphatic carbocycles. The van der Waals surface area contributed by atoms with Crippen LogP contribution in [0.15, 0.2) is 24.3 Å². The molecule has 4 nitrogen and oxygen atoms in total. The maximum Gasteiger partial charge on any atom is 0.251 e. The topological polar surface area (TPSA) is 54.0 Å². The third kappa shape index (κ3) is 5.01. The fraction of sp³-hybridized carbons (Fsp3) is 0.455. The molecule has 1 saturated carbocycles. The molecule has 0 radical (unpaired) electrons. The summed E-state index contributed by atoms with van der Waals surface area (Å²) in [6.07, 6.45) is 7.21. The number of aryl methyl sites for hydroxylation is 2. The highest BCUT2D eigenvalue weighted by atomic mass is 35.5. The number of nitrogens with zero attached hydrogens (tertiary/aromatic N) is 1. The zero-order valence-corrected chi connectivity index (χ0v) is 18.0. The number of rotatable bonds is 4. The average Bonchev–Trinajstić information content (AvgIpc) is 3.15. The first kappa shape index (κ1) is 21.8. The lowest BCUT2D eigenvalue weighted by Crippen LogP contribution is -2.40. The van der Waals surface area contributed by atoms with E-state index in [-0.39, 0.29) is 29.4 Å². The van der Waals surface area contributed by atoms with Gasteiger partial charge in [-0.3, -0.25) is 4.79 Å². The fourth-order valence-electron chi connectivity index (χ4n) is 4.32. The van der Waals surface area contributed by atoms with Crippen LogP contribution in [-0.2, 0) is 12.8 Å². The molecule has 0 unspecified atom stereocenters. The van der Waals surface area contributed by atoms with Crippen molar-refractivity contribution >= 4 is 35.7 Å². The van der Waals surface area contributed by atoms with Gasteiger partial charge in [0.1, 0.15) is 11.6 Å². The zero-order chi connectivity index (χ0) is 19.7. The third-order valence-electron chi connectivity index (χ3n) is 5.87. The second-order valence-electron chi connectivity index (χ2n) is 7.90. The van der Waals surface area contributed by atoms with Gasteiger partial charge >= 0.3 is 0 Å². The Morgan fingerprint density at radius 2 is 1.86 bits per heavy atom. The summed E-state index contributed by atoms with van der Waals surface area (Å²) in [5, 5.41) is 6.60. The van der Waals surface area contributed by atoms with E-state index in [0.717, 1.165) is 44.3 Å². The monoisotopic (exact) mass is 437 g/mol. The first-order valence-electron chi connectivity index (χ1n) is 10.0. The lowest BCUT2D eigenvalue weighted by atomic mass is 9.91. The Morgan fingerprint density at radius 3 is 2.59 bits per heavy atom. The molecule has 0 bridgehead atoms. The van der Waals surface area contributed by atoms with Crippen LogP contribution in [0.4, 0.5) is 10.2 Å². The number of nitrogens with one attached hydrogen (secondary N) is 2. The van der Waals surface area contributed by atoms with Crippen LogP contribution in [-0.4, -0.2) is 23.0 Å². The van der Waals surface area contributed by atoms with Crippen LogP contribution in [0.3, 0.4) is 0 Å². The van der Waals surface area contributed by atoms with E-state index in [9.17, 15) is 9.18 Å². The molecule has 7 heteroatoms. The Morgan fingerprint density at radius 1 is 1.14 bits per heavy atom. The van der Waals surface area contributed by atoms with Crippen LogP contribution in [0.2, 0.25) is 5.02 Å². The summed E-state index contributed by atoms with van der Waals surface area (Å²) in [6, 6.07) is 6.73. The number of pyridine rings is 1. The number of anilines is 1. The first-order valence-corrected chi connectivity index (χ1v) is 10.4. The van der Waals surface area contributed by atoms with Gasteiger partial charge in [0.25, 0.3) is 5.91 Å². The minimum absolute atomic E-state index is 0. The Balaban J connectivity index is 0.00000240. The van der Waals surface area contributed by atoms with Crippen molar-refractivity contribution in [3.63, 3.8) is 0 Å². The zero-order valence-electron chi connectivity index (χ0n) is 16.4. The molecule has 1 aromatic heterocycles. The van der Waals surface area contributed by atoms with Gasteiger partial charge in [0.05, 0.1) is 5.02 Å². The van der Waals surface area contributed by atoms with Crippen molar-refractivity contribution in [1.29, 1.82) is 0 Å². The van der Waals surface area contributed by atoms with Crippen molar-refractivity contribution < 1.29 is 9.18 Å². The Labute approximate surface area is 182 Å². The van der Waals surface area contributed by atoms with Crippen LogP contribution in [0.1, 0.15) is 59.3 Å². The number of carbonyl (C=O) groups excluding carboxylic acids is 1. The number of hydrogen-bond acceptors (Lipinski definition) is 3. The average molecular weight is 438 g/mol. The summed E-state index contributed by atoms with van der Waals surface area (Å²) in [6.45, 7) is 2.17. The van der Waals surface area contributed by atoms with E-state index in [1.165, 1.54) is 41.4 Å². The molecule has 2 aromatic rings. The number of halogens is 3. The molecule has 0 aliphatic heterocycles. The largest absolute Gasteiger partial charge is 0.367 e. The second kappa shape index (κ2) is 9.31. The van der Waals surface area contributed by atoms with E-state index < -0.39 is 5.82 Å². The van der Waals surface area contributed by atoms with Crippen LogP contribution in [0.5, 0.6) is 0 Å². The van der Waals surface area contributed by atoms with Gasteiger partial charge in [-0.2, -0.15) is 0 Å². The molecule has 0 spiro atoms. The molecule has 156 valence electrons. The third-order valence-corrected chi connectivity index (χ3v) is 6.16. The van der Waals surface area contributed by atoms with Crippen molar-refractivity contribution in [2.75, 3.05) is 5.32 Å². The van der Waals surface area contributed by atoms with Crippen LogP contribution < -0.4 is 10.6 Å². The van der Waals surface area contributed by atoms with Crippen molar-refractivity contribution in [3.8, 4) is 0 Å². The summed E-state index contributed by atoms with van der Waals surface area (Å²) >= 11 is 5.77. The lowest BCUT2D eigenvalue weighted by molar-refractivity contribution is 0.0926. The number of amides is 1.